The molecule has 1 aromatic rings. The lowest BCUT2D eigenvalue weighted by Gasteiger charge is -2.32. The molecule has 0 spiro atoms. The molecule has 0 saturated carbocycles. The van der Waals surface area contributed by atoms with Crippen molar-refractivity contribution in [2.24, 2.45) is 4.99 Å². The first kappa shape index (κ1) is 24.3. The summed E-state index contributed by atoms with van der Waals surface area (Å²) in [4.78, 5) is 18.4. The first-order valence-electron chi connectivity index (χ1n) is 11.9. The fourth-order valence-electron chi connectivity index (χ4n) is 3.90. The summed E-state index contributed by atoms with van der Waals surface area (Å²) in [5.41, 5.74) is 2.34. The summed E-state index contributed by atoms with van der Waals surface area (Å²) in [7, 11) is 0. The van der Waals surface area contributed by atoms with E-state index in [1.54, 1.807) is 4.90 Å². The van der Waals surface area contributed by atoms with Gasteiger partial charge in [-0.05, 0) is 50.7 Å². The van der Waals surface area contributed by atoms with Crippen molar-refractivity contribution in [2.75, 3.05) is 39.5 Å². The number of benzene rings is 1. The molecule has 0 unspecified atom stereocenters. The number of amides is 1. The van der Waals surface area contributed by atoms with Crippen LogP contribution in [0.1, 0.15) is 50.7 Å². The van der Waals surface area contributed by atoms with Gasteiger partial charge in [-0.15, -0.1) is 0 Å². The van der Waals surface area contributed by atoms with Gasteiger partial charge in [-0.2, -0.15) is 0 Å². The second kappa shape index (κ2) is 13.3. The molecule has 178 valence electrons. The van der Waals surface area contributed by atoms with Crippen LogP contribution in [-0.2, 0) is 27.4 Å². The molecule has 2 saturated heterocycles. The van der Waals surface area contributed by atoms with Crippen molar-refractivity contribution in [3.8, 4) is 0 Å². The quantitative estimate of drug-likeness (QED) is 0.472. The Hall–Kier alpha value is -2.32. The van der Waals surface area contributed by atoms with Gasteiger partial charge in [0.05, 0.1) is 25.9 Å². The fourth-order valence-corrected chi connectivity index (χ4v) is 3.90. The molecular formula is C24H38N4O4. The summed E-state index contributed by atoms with van der Waals surface area (Å²) in [5, 5.41) is 6.84. The highest BCUT2D eigenvalue weighted by Crippen LogP contribution is 2.15. The molecule has 2 N–H and O–H groups in total. The summed E-state index contributed by atoms with van der Waals surface area (Å²) in [5.74, 6) is 0.814. The van der Waals surface area contributed by atoms with Crippen molar-refractivity contribution in [3.63, 3.8) is 0 Å². The molecule has 2 fully saturated rings. The Bertz CT molecular complexity index is 711. The molecule has 1 amide bonds. The van der Waals surface area contributed by atoms with Crippen LogP contribution in [0.25, 0.3) is 0 Å². The highest BCUT2D eigenvalue weighted by Gasteiger charge is 2.24. The molecule has 0 atom stereocenters. The van der Waals surface area contributed by atoms with Crippen LogP contribution in [0.5, 0.6) is 0 Å². The maximum absolute atomic E-state index is 11.9. The number of hydrogen-bond donors (Lipinski definition) is 2. The molecule has 0 bridgehead atoms. The van der Waals surface area contributed by atoms with E-state index < -0.39 is 0 Å². The smallest absolute Gasteiger partial charge is 0.409 e. The van der Waals surface area contributed by atoms with Crippen LogP contribution in [-0.4, -0.2) is 68.6 Å². The van der Waals surface area contributed by atoms with Crippen LogP contribution in [0.2, 0.25) is 0 Å². The van der Waals surface area contributed by atoms with Gasteiger partial charge in [0, 0.05) is 38.9 Å². The van der Waals surface area contributed by atoms with E-state index in [-0.39, 0.29) is 6.09 Å². The average molecular weight is 447 g/mol. The lowest BCUT2D eigenvalue weighted by atomic mass is 10.1. The van der Waals surface area contributed by atoms with Crippen LogP contribution in [0.15, 0.2) is 29.3 Å². The number of ether oxygens (including phenoxy) is 3. The molecule has 3 rings (SSSR count). The molecule has 8 nitrogen and oxygen atoms in total. The Morgan fingerprint density at radius 2 is 1.78 bits per heavy atom. The molecule has 0 aromatic heterocycles. The zero-order valence-corrected chi connectivity index (χ0v) is 19.5. The number of likely N-dealkylation sites (tertiary alicyclic amines) is 1. The van der Waals surface area contributed by atoms with Gasteiger partial charge in [-0.3, -0.25) is 0 Å². The van der Waals surface area contributed by atoms with E-state index in [0.717, 1.165) is 57.0 Å². The van der Waals surface area contributed by atoms with Crippen LogP contribution in [0.3, 0.4) is 0 Å². The molecule has 0 radical (unpaired) electrons. The zero-order chi connectivity index (χ0) is 22.6. The van der Waals surface area contributed by atoms with Crippen molar-refractivity contribution >= 4 is 12.1 Å². The third-order valence-electron chi connectivity index (χ3n) is 5.80. The summed E-state index contributed by atoms with van der Waals surface area (Å²) < 4.78 is 16.5. The van der Waals surface area contributed by atoms with Crippen LogP contribution in [0.4, 0.5) is 4.79 Å². The Morgan fingerprint density at radius 1 is 1.09 bits per heavy atom. The highest BCUT2D eigenvalue weighted by molar-refractivity contribution is 5.80. The van der Waals surface area contributed by atoms with Crippen LogP contribution < -0.4 is 10.6 Å². The Kier molecular flexibility index (Phi) is 10.1. The van der Waals surface area contributed by atoms with Crippen molar-refractivity contribution in [2.45, 2.75) is 64.8 Å². The van der Waals surface area contributed by atoms with Crippen molar-refractivity contribution in [3.05, 3.63) is 35.4 Å². The molecule has 2 aliphatic rings. The molecule has 1 aromatic carbocycles. The Labute approximate surface area is 191 Å². The first-order valence-corrected chi connectivity index (χ1v) is 11.9. The van der Waals surface area contributed by atoms with Crippen molar-refractivity contribution in [1.29, 1.82) is 0 Å². The number of carbonyl (C=O) groups excluding carboxylic acids is 1. The minimum atomic E-state index is -0.215. The van der Waals surface area contributed by atoms with E-state index in [0.29, 0.717) is 45.0 Å². The Balaban J connectivity index is 1.44. The van der Waals surface area contributed by atoms with Gasteiger partial charge in [0.25, 0.3) is 0 Å². The topological polar surface area (TPSA) is 84.4 Å². The monoisotopic (exact) mass is 446 g/mol. The van der Waals surface area contributed by atoms with Gasteiger partial charge in [-0.1, -0.05) is 24.3 Å². The normalized spacial score (nSPS) is 18.4. The minimum absolute atomic E-state index is 0.215. The third kappa shape index (κ3) is 7.98. The predicted molar refractivity (Wildman–Crippen MR) is 125 cm³/mol. The lowest BCUT2D eigenvalue weighted by Crippen LogP contribution is -2.49. The maximum Gasteiger partial charge on any atom is 0.409 e. The second-order valence-corrected chi connectivity index (χ2v) is 8.24. The van der Waals surface area contributed by atoms with E-state index in [2.05, 4.69) is 41.8 Å². The number of carbonyl (C=O) groups is 1. The van der Waals surface area contributed by atoms with Crippen LogP contribution in [0, 0.1) is 0 Å². The number of aliphatic imine (C=N–C) groups is 1. The first-order chi connectivity index (χ1) is 15.7. The van der Waals surface area contributed by atoms with Crippen molar-refractivity contribution in [1.82, 2.24) is 15.5 Å². The van der Waals surface area contributed by atoms with E-state index in [1.165, 1.54) is 5.56 Å². The van der Waals surface area contributed by atoms with E-state index in [1.807, 2.05) is 6.92 Å². The molecular weight excluding hydrogens is 408 g/mol. The minimum Gasteiger partial charge on any atom is -0.450 e. The number of guanidine groups is 1. The number of rotatable bonds is 8. The zero-order valence-electron chi connectivity index (χ0n) is 19.5. The molecule has 2 aliphatic heterocycles. The second-order valence-electron chi connectivity index (χ2n) is 8.24. The lowest BCUT2D eigenvalue weighted by molar-refractivity contribution is -0.0390. The maximum atomic E-state index is 11.9. The number of nitrogens with zero attached hydrogens (tertiary/aromatic N) is 2. The van der Waals surface area contributed by atoms with E-state index >= 15 is 0 Å². The SMILES string of the molecule is CCNC(=NCc1ccc(COC2CCOCC2)cc1)NC1CCN(C(=O)OCC)CC1. The van der Waals surface area contributed by atoms with E-state index in [9.17, 15) is 4.79 Å². The standard InChI is InChI=1S/C24H38N4O4/c1-3-25-23(27-21-9-13-28(14-10-21)24(29)31-4-2)26-17-19-5-7-20(8-6-19)18-32-22-11-15-30-16-12-22/h5-8,21-22H,3-4,9-18H2,1-2H3,(H2,25,26,27). The number of hydrogen-bond acceptors (Lipinski definition) is 5. The average Bonchev–Trinajstić information content (AvgIpc) is 2.83. The predicted octanol–water partition coefficient (Wildman–Crippen LogP) is 3.06. The van der Waals surface area contributed by atoms with Gasteiger partial charge < -0.3 is 29.7 Å². The fraction of sp³-hybridized carbons (Fsp3) is 0.667. The van der Waals surface area contributed by atoms with Gasteiger partial charge in [-0.25, -0.2) is 9.79 Å². The van der Waals surface area contributed by atoms with Crippen LogP contribution >= 0.6 is 0 Å². The van der Waals surface area contributed by atoms with Gasteiger partial charge in [0.1, 0.15) is 0 Å². The summed E-state index contributed by atoms with van der Waals surface area (Å²) in [6.07, 6.45) is 3.82. The third-order valence-corrected chi connectivity index (χ3v) is 5.80. The largest absolute Gasteiger partial charge is 0.450 e. The van der Waals surface area contributed by atoms with Gasteiger partial charge >= 0.3 is 6.09 Å². The molecule has 8 heteroatoms. The molecule has 0 aliphatic carbocycles. The van der Waals surface area contributed by atoms with E-state index in [4.69, 9.17) is 19.2 Å². The van der Waals surface area contributed by atoms with Crippen molar-refractivity contribution < 1.29 is 19.0 Å². The summed E-state index contributed by atoms with van der Waals surface area (Å²) in [6.45, 7) is 9.37. The highest BCUT2D eigenvalue weighted by atomic mass is 16.6. The number of piperidine rings is 1. The molecule has 32 heavy (non-hydrogen) atoms. The molecule has 2 heterocycles. The Morgan fingerprint density at radius 3 is 2.44 bits per heavy atom. The summed E-state index contributed by atoms with van der Waals surface area (Å²) >= 11 is 0. The van der Waals surface area contributed by atoms with Gasteiger partial charge in [0.2, 0.25) is 0 Å². The number of nitrogens with one attached hydrogen (secondary N) is 2. The van der Waals surface area contributed by atoms with Gasteiger partial charge in [0.15, 0.2) is 5.96 Å². The summed E-state index contributed by atoms with van der Waals surface area (Å²) in [6, 6.07) is 8.77.